The number of aryl methyl sites for hydroxylation is 1. The van der Waals surface area contributed by atoms with Crippen LogP contribution in [0.5, 0.6) is 0 Å². The lowest BCUT2D eigenvalue weighted by Crippen LogP contribution is -2.20. The molecule has 8 heteroatoms. The first kappa shape index (κ1) is 21.8. The van der Waals surface area contributed by atoms with Crippen LogP contribution in [-0.4, -0.2) is 31.3 Å². The number of hydrogen-bond acceptors (Lipinski definition) is 5. The van der Waals surface area contributed by atoms with E-state index in [1.54, 1.807) is 18.2 Å². The highest BCUT2D eigenvalue weighted by Crippen LogP contribution is 2.49. The Labute approximate surface area is 182 Å². The van der Waals surface area contributed by atoms with E-state index in [2.05, 4.69) is 0 Å². The van der Waals surface area contributed by atoms with Crippen LogP contribution >= 0.6 is 0 Å². The fourth-order valence-corrected chi connectivity index (χ4v) is 5.87. The van der Waals surface area contributed by atoms with Gasteiger partial charge in [-0.05, 0) is 81.2 Å². The van der Waals surface area contributed by atoms with Crippen molar-refractivity contribution in [2.24, 2.45) is 22.9 Å². The molecule has 0 aliphatic heterocycles. The van der Waals surface area contributed by atoms with Crippen LogP contribution in [0.25, 0.3) is 5.69 Å². The standard InChI is InChI=1S/C23H28N2O5S/c1-14-9-21(15(2)25(14)19-5-7-20(8-6-19)31(24,28)29)22(26)13-30-23(27)12-18-11-16-3-4-17(18)10-16/h5-9,16-18H,3-4,10-13H2,1-2H3,(H2,24,28,29). The Morgan fingerprint density at radius 2 is 1.84 bits per heavy atom. The van der Waals surface area contributed by atoms with Crippen LogP contribution < -0.4 is 5.14 Å². The van der Waals surface area contributed by atoms with Crippen molar-refractivity contribution in [2.45, 2.75) is 50.8 Å². The molecule has 1 aromatic carbocycles. The Kier molecular flexibility index (Phi) is 5.79. The molecular weight excluding hydrogens is 416 g/mol. The molecule has 1 heterocycles. The summed E-state index contributed by atoms with van der Waals surface area (Å²) in [5, 5.41) is 5.16. The molecule has 166 valence electrons. The van der Waals surface area contributed by atoms with Gasteiger partial charge in [-0.2, -0.15) is 0 Å². The van der Waals surface area contributed by atoms with E-state index in [4.69, 9.17) is 9.88 Å². The van der Waals surface area contributed by atoms with Gasteiger partial charge < -0.3 is 9.30 Å². The van der Waals surface area contributed by atoms with Crippen molar-refractivity contribution in [1.82, 2.24) is 4.57 Å². The van der Waals surface area contributed by atoms with Gasteiger partial charge in [0.15, 0.2) is 6.61 Å². The molecule has 3 atom stereocenters. The summed E-state index contributed by atoms with van der Waals surface area (Å²) in [6.45, 7) is 3.40. The van der Waals surface area contributed by atoms with Gasteiger partial charge in [0.2, 0.25) is 15.8 Å². The smallest absolute Gasteiger partial charge is 0.306 e. The minimum Gasteiger partial charge on any atom is -0.457 e. The maximum absolute atomic E-state index is 12.7. The molecule has 2 aliphatic carbocycles. The third kappa shape index (κ3) is 4.45. The zero-order valence-electron chi connectivity index (χ0n) is 17.8. The first-order valence-corrected chi connectivity index (χ1v) is 12.2. The van der Waals surface area contributed by atoms with Crippen molar-refractivity contribution >= 4 is 21.8 Å². The molecule has 3 unspecified atom stereocenters. The number of esters is 1. The number of sulfonamides is 1. The average Bonchev–Trinajstić information content (AvgIpc) is 3.40. The summed E-state index contributed by atoms with van der Waals surface area (Å²) >= 11 is 0. The number of fused-ring (bicyclic) bond motifs is 2. The highest BCUT2D eigenvalue weighted by Gasteiger charge is 2.40. The number of hydrogen-bond donors (Lipinski definition) is 1. The van der Waals surface area contributed by atoms with Crippen LogP contribution in [-0.2, 0) is 19.6 Å². The maximum Gasteiger partial charge on any atom is 0.306 e. The van der Waals surface area contributed by atoms with Crippen LogP contribution in [0.2, 0.25) is 0 Å². The Balaban J connectivity index is 1.41. The minimum atomic E-state index is -3.77. The molecule has 7 nitrogen and oxygen atoms in total. The second kappa shape index (κ2) is 8.24. The summed E-state index contributed by atoms with van der Waals surface area (Å²) in [7, 11) is -3.77. The van der Waals surface area contributed by atoms with E-state index in [0.29, 0.717) is 29.5 Å². The number of nitrogens with two attached hydrogens (primary N) is 1. The number of nitrogens with zero attached hydrogens (tertiary/aromatic N) is 1. The molecule has 31 heavy (non-hydrogen) atoms. The molecule has 2 aromatic rings. The average molecular weight is 445 g/mol. The largest absolute Gasteiger partial charge is 0.457 e. The van der Waals surface area contributed by atoms with Crippen LogP contribution in [0.4, 0.5) is 0 Å². The third-order valence-corrected chi connectivity index (χ3v) is 7.76. The highest BCUT2D eigenvalue weighted by molar-refractivity contribution is 7.89. The lowest BCUT2D eigenvalue weighted by atomic mass is 9.86. The fourth-order valence-electron chi connectivity index (χ4n) is 5.35. The van der Waals surface area contributed by atoms with Crippen LogP contribution in [0.15, 0.2) is 35.2 Å². The number of carbonyl (C=O) groups is 2. The Morgan fingerprint density at radius 1 is 1.13 bits per heavy atom. The summed E-state index contributed by atoms with van der Waals surface area (Å²) in [5.74, 6) is 1.29. The Hall–Kier alpha value is -2.45. The van der Waals surface area contributed by atoms with Crippen molar-refractivity contribution in [3.05, 3.63) is 47.3 Å². The second-order valence-corrected chi connectivity index (χ2v) is 10.4. The molecule has 1 aromatic heterocycles. The zero-order chi connectivity index (χ0) is 22.3. The highest BCUT2D eigenvalue weighted by atomic mass is 32.2. The number of aromatic nitrogens is 1. The van der Waals surface area contributed by atoms with Crippen LogP contribution in [0.3, 0.4) is 0 Å². The monoisotopic (exact) mass is 444 g/mol. The van der Waals surface area contributed by atoms with Gasteiger partial charge in [0, 0.05) is 29.1 Å². The number of primary sulfonamides is 1. The Morgan fingerprint density at radius 3 is 2.42 bits per heavy atom. The van der Waals surface area contributed by atoms with Gasteiger partial charge in [-0.25, -0.2) is 13.6 Å². The summed E-state index contributed by atoms with van der Waals surface area (Å²) in [6, 6.07) is 7.91. The van der Waals surface area contributed by atoms with E-state index in [9.17, 15) is 18.0 Å². The molecule has 2 N–H and O–H groups in total. The van der Waals surface area contributed by atoms with Gasteiger partial charge in [-0.1, -0.05) is 6.42 Å². The predicted molar refractivity (Wildman–Crippen MR) is 115 cm³/mol. The minimum absolute atomic E-state index is 0.0254. The molecule has 2 fully saturated rings. The molecule has 2 bridgehead atoms. The van der Waals surface area contributed by atoms with Crippen LogP contribution in [0, 0.1) is 31.6 Å². The number of ketones is 1. The van der Waals surface area contributed by atoms with Gasteiger partial charge in [-0.15, -0.1) is 0 Å². The van der Waals surface area contributed by atoms with E-state index in [0.717, 1.165) is 23.7 Å². The van der Waals surface area contributed by atoms with Gasteiger partial charge >= 0.3 is 5.97 Å². The topological polar surface area (TPSA) is 108 Å². The van der Waals surface area contributed by atoms with E-state index < -0.39 is 10.0 Å². The molecule has 0 spiro atoms. The number of benzene rings is 1. The molecule has 2 saturated carbocycles. The van der Waals surface area contributed by atoms with E-state index in [1.807, 2.05) is 18.4 Å². The summed E-state index contributed by atoms with van der Waals surface area (Å²) in [5.41, 5.74) is 2.72. The first-order valence-electron chi connectivity index (χ1n) is 10.6. The van der Waals surface area contributed by atoms with Gasteiger partial charge in [0.1, 0.15) is 0 Å². The lowest BCUT2D eigenvalue weighted by Gasteiger charge is -2.20. The normalized spacial score (nSPS) is 22.6. The second-order valence-electron chi connectivity index (χ2n) is 8.88. The molecule has 4 rings (SSSR count). The number of ether oxygens (including phenoxy) is 1. The molecular formula is C23H28N2O5S. The van der Waals surface area contributed by atoms with Gasteiger partial charge in [0.25, 0.3) is 0 Å². The zero-order valence-corrected chi connectivity index (χ0v) is 18.7. The van der Waals surface area contributed by atoms with Crippen molar-refractivity contribution in [2.75, 3.05) is 6.61 Å². The van der Waals surface area contributed by atoms with Crippen molar-refractivity contribution < 1.29 is 22.7 Å². The lowest BCUT2D eigenvalue weighted by molar-refractivity contribution is -0.144. The number of carbonyl (C=O) groups excluding carboxylic acids is 2. The summed E-state index contributed by atoms with van der Waals surface area (Å²) in [4.78, 5) is 25.0. The van der Waals surface area contributed by atoms with Crippen molar-refractivity contribution in [3.63, 3.8) is 0 Å². The fraction of sp³-hybridized carbons (Fsp3) is 0.478. The first-order chi connectivity index (χ1) is 14.6. The summed E-state index contributed by atoms with van der Waals surface area (Å²) < 4.78 is 30.1. The molecule has 0 amide bonds. The quantitative estimate of drug-likeness (QED) is 0.521. The molecule has 0 radical (unpaired) electrons. The SMILES string of the molecule is Cc1cc(C(=O)COC(=O)CC2CC3CCC2C3)c(C)n1-c1ccc(S(N)(=O)=O)cc1. The van der Waals surface area contributed by atoms with Crippen LogP contribution in [0.1, 0.15) is 53.8 Å². The van der Waals surface area contributed by atoms with E-state index in [-0.39, 0.29) is 23.3 Å². The predicted octanol–water partition coefficient (Wildman–Crippen LogP) is 3.29. The number of rotatable bonds is 7. The Bertz CT molecular complexity index is 1120. The van der Waals surface area contributed by atoms with E-state index in [1.165, 1.54) is 31.4 Å². The molecule has 2 aliphatic rings. The third-order valence-electron chi connectivity index (χ3n) is 6.83. The van der Waals surface area contributed by atoms with Gasteiger partial charge in [-0.3, -0.25) is 9.59 Å². The maximum atomic E-state index is 12.7. The summed E-state index contributed by atoms with van der Waals surface area (Å²) in [6.07, 6.45) is 5.25. The number of Topliss-reactive ketones (excluding diaryl/α,β-unsaturated/α-hetero) is 1. The van der Waals surface area contributed by atoms with Crippen molar-refractivity contribution in [3.8, 4) is 5.69 Å². The van der Waals surface area contributed by atoms with Gasteiger partial charge in [0.05, 0.1) is 4.90 Å². The molecule has 0 saturated heterocycles. The van der Waals surface area contributed by atoms with E-state index >= 15 is 0 Å². The van der Waals surface area contributed by atoms with Crippen molar-refractivity contribution in [1.29, 1.82) is 0 Å².